The SMILES string of the molecule is N=C(N)c1cccnc1Sc1n[nH]c(=O)n1C1CC1. The van der Waals surface area contributed by atoms with Crippen LogP contribution in [-0.4, -0.2) is 25.6 Å². The van der Waals surface area contributed by atoms with E-state index in [2.05, 4.69) is 15.2 Å². The van der Waals surface area contributed by atoms with E-state index in [1.165, 1.54) is 11.8 Å². The molecule has 0 aliphatic heterocycles. The predicted octanol–water partition coefficient (Wildman–Crippen LogP) is 0.737. The molecule has 0 aromatic carbocycles. The lowest BCUT2D eigenvalue weighted by atomic mass is 10.3. The molecule has 2 aromatic heterocycles. The number of nitrogens with two attached hydrogens (primary N) is 1. The zero-order valence-corrected chi connectivity index (χ0v) is 10.8. The minimum atomic E-state index is -0.203. The second kappa shape index (κ2) is 4.54. The van der Waals surface area contributed by atoms with Gasteiger partial charge in [-0.05, 0) is 36.7 Å². The van der Waals surface area contributed by atoms with Crippen molar-refractivity contribution in [1.29, 1.82) is 5.41 Å². The smallest absolute Gasteiger partial charge is 0.344 e. The highest BCUT2D eigenvalue weighted by Gasteiger charge is 2.29. The number of aromatic nitrogens is 4. The van der Waals surface area contributed by atoms with E-state index in [0.29, 0.717) is 15.7 Å². The van der Waals surface area contributed by atoms with Crippen LogP contribution < -0.4 is 11.4 Å². The van der Waals surface area contributed by atoms with E-state index in [1.54, 1.807) is 22.9 Å². The summed E-state index contributed by atoms with van der Waals surface area (Å²) in [4.78, 5) is 15.9. The topological polar surface area (TPSA) is 113 Å². The molecular weight excluding hydrogens is 264 g/mol. The van der Waals surface area contributed by atoms with E-state index >= 15 is 0 Å². The van der Waals surface area contributed by atoms with E-state index in [-0.39, 0.29) is 17.6 Å². The van der Waals surface area contributed by atoms with Gasteiger partial charge in [0.05, 0.1) is 0 Å². The van der Waals surface area contributed by atoms with Gasteiger partial charge in [0.1, 0.15) is 10.9 Å². The molecular formula is C11H12N6OS. The predicted molar refractivity (Wildman–Crippen MR) is 70.5 cm³/mol. The fraction of sp³-hybridized carbons (Fsp3) is 0.273. The summed E-state index contributed by atoms with van der Waals surface area (Å²) in [6.45, 7) is 0. The molecule has 1 fully saturated rings. The van der Waals surface area contributed by atoms with E-state index < -0.39 is 0 Å². The molecule has 1 saturated carbocycles. The average Bonchev–Trinajstić information content (AvgIpc) is 3.15. The number of nitrogens with one attached hydrogen (secondary N) is 2. The zero-order valence-electron chi connectivity index (χ0n) is 9.96. The molecule has 2 aromatic rings. The molecule has 2 heterocycles. The van der Waals surface area contributed by atoms with Crippen LogP contribution in [0.2, 0.25) is 0 Å². The van der Waals surface area contributed by atoms with Crippen LogP contribution in [0.5, 0.6) is 0 Å². The number of pyridine rings is 1. The Balaban J connectivity index is 1.98. The summed E-state index contributed by atoms with van der Waals surface area (Å²) in [6.07, 6.45) is 3.62. The van der Waals surface area contributed by atoms with Crippen LogP contribution in [0.25, 0.3) is 0 Å². The Kier molecular flexibility index (Phi) is 2.86. The third-order valence-corrected chi connectivity index (χ3v) is 3.82. The minimum Gasteiger partial charge on any atom is -0.384 e. The summed E-state index contributed by atoms with van der Waals surface area (Å²) in [5, 5.41) is 15.1. The molecule has 1 aliphatic carbocycles. The number of rotatable bonds is 4. The van der Waals surface area contributed by atoms with Gasteiger partial charge in [-0.2, -0.15) is 0 Å². The number of aromatic amines is 1. The van der Waals surface area contributed by atoms with Crippen molar-refractivity contribution >= 4 is 17.6 Å². The Labute approximate surface area is 112 Å². The fourth-order valence-electron chi connectivity index (χ4n) is 1.78. The zero-order chi connectivity index (χ0) is 13.4. The monoisotopic (exact) mass is 276 g/mol. The summed E-state index contributed by atoms with van der Waals surface area (Å²) in [7, 11) is 0. The second-order valence-electron chi connectivity index (χ2n) is 4.28. The minimum absolute atomic E-state index is 0.0496. The van der Waals surface area contributed by atoms with Crippen LogP contribution in [-0.2, 0) is 0 Å². The number of nitrogen functional groups attached to an aromatic ring is 1. The molecule has 98 valence electrons. The molecule has 1 aliphatic rings. The molecule has 7 nitrogen and oxygen atoms in total. The van der Waals surface area contributed by atoms with Crippen molar-refractivity contribution in [3.63, 3.8) is 0 Å². The van der Waals surface area contributed by atoms with Crippen molar-refractivity contribution in [2.24, 2.45) is 5.73 Å². The van der Waals surface area contributed by atoms with Crippen molar-refractivity contribution in [3.8, 4) is 0 Å². The van der Waals surface area contributed by atoms with Crippen LogP contribution in [0, 0.1) is 5.41 Å². The van der Waals surface area contributed by atoms with Gasteiger partial charge < -0.3 is 5.73 Å². The molecule has 0 unspecified atom stereocenters. The summed E-state index contributed by atoms with van der Waals surface area (Å²) in [5.74, 6) is -0.0496. The number of nitrogens with zero attached hydrogens (tertiary/aromatic N) is 3. The molecule has 0 spiro atoms. The molecule has 8 heteroatoms. The van der Waals surface area contributed by atoms with Gasteiger partial charge in [0.2, 0.25) is 0 Å². The Morgan fingerprint density at radius 2 is 2.37 bits per heavy atom. The summed E-state index contributed by atoms with van der Waals surface area (Å²) in [5.41, 5.74) is 5.86. The Morgan fingerprint density at radius 3 is 3.05 bits per heavy atom. The van der Waals surface area contributed by atoms with Gasteiger partial charge in [-0.15, -0.1) is 5.10 Å². The molecule has 4 N–H and O–H groups in total. The highest BCUT2D eigenvalue weighted by atomic mass is 32.2. The summed E-state index contributed by atoms with van der Waals surface area (Å²) >= 11 is 1.25. The molecule has 0 bridgehead atoms. The third-order valence-electron chi connectivity index (χ3n) is 2.83. The highest BCUT2D eigenvalue weighted by molar-refractivity contribution is 7.99. The molecule has 19 heavy (non-hydrogen) atoms. The maximum atomic E-state index is 11.7. The number of H-pyrrole nitrogens is 1. The van der Waals surface area contributed by atoms with Crippen molar-refractivity contribution in [3.05, 3.63) is 34.4 Å². The average molecular weight is 276 g/mol. The first-order chi connectivity index (χ1) is 9.16. The first kappa shape index (κ1) is 12.0. The molecule has 0 radical (unpaired) electrons. The van der Waals surface area contributed by atoms with E-state index in [4.69, 9.17) is 11.1 Å². The fourth-order valence-corrected chi connectivity index (χ4v) is 2.78. The van der Waals surface area contributed by atoms with E-state index in [9.17, 15) is 4.79 Å². The van der Waals surface area contributed by atoms with Crippen LogP contribution in [0.4, 0.5) is 0 Å². The van der Waals surface area contributed by atoms with Crippen molar-refractivity contribution < 1.29 is 0 Å². The quantitative estimate of drug-likeness (QED) is 0.563. The van der Waals surface area contributed by atoms with Crippen molar-refractivity contribution in [2.75, 3.05) is 0 Å². The maximum absolute atomic E-state index is 11.7. The van der Waals surface area contributed by atoms with Crippen molar-refractivity contribution in [2.45, 2.75) is 29.1 Å². The van der Waals surface area contributed by atoms with E-state index in [0.717, 1.165) is 12.8 Å². The number of hydrogen-bond donors (Lipinski definition) is 3. The highest BCUT2D eigenvalue weighted by Crippen LogP contribution is 2.37. The van der Waals surface area contributed by atoms with Gasteiger partial charge in [0.25, 0.3) is 0 Å². The lowest BCUT2D eigenvalue weighted by Crippen LogP contribution is -2.16. The van der Waals surface area contributed by atoms with Crippen molar-refractivity contribution in [1.82, 2.24) is 19.7 Å². The third kappa shape index (κ3) is 2.26. The molecule has 0 amide bonds. The first-order valence-electron chi connectivity index (χ1n) is 5.81. The van der Waals surface area contributed by atoms with Gasteiger partial charge in [0.15, 0.2) is 5.16 Å². The van der Waals surface area contributed by atoms with Gasteiger partial charge in [0, 0.05) is 17.8 Å². The van der Waals surface area contributed by atoms with Crippen LogP contribution in [0.1, 0.15) is 24.4 Å². The normalized spacial score (nSPS) is 14.5. The van der Waals surface area contributed by atoms with Crippen LogP contribution in [0.3, 0.4) is 0 Å². The molecule has 0 saturated heterocycles. The molecule has 3 rings (SSSR count). The van der Waals surface area contributed by atoms with Gasteiger partial charge in [-0.3, -0.25) is 9.98 Å². The van der Waals surface area contributed by atoms with Gasteiger partial charge in [-0.1, -0.05) is 0 Å². The summed E-state index contributed by atoms with van der Waals surface area (Å²) < 4.78 is 1.64. The lowest BCUT2D eigenvalue weighted by Gasteiger charge is -2.06. The van der Waals surface area contributed by atoms with Crippen LogP contribution in [0.15, 0.2) is 33.3 Å². The molecule has 0 atom stereocenters. The first-order valence-corrected chi connectivity index (χ1v) is 6.62. The standard InChI is InChI=1S/C11H12N6OS/c12-8(13)7-2-1-5-14-9(7)19-11-16-15-10(18)17(11)6-3-4-6/h1-2,5-6H,3-4H2,(H3,12,13)(H,15,18). The van der Waals surface area contributed by atoms with Crippen LogP contribution >= 0.6 is 11.8 Å². The largest absolute Gasteiger partial charge is 0.384 e. The van der Waals surface area contributed by atoms with E-state index in [1.807, 2.05) is 0 Å². The Bertz CT molecular complexity index is 686. The Morgan fingerprint density at radius 1 is 1.58 bits per heavy atom. The van der Waals surface area contributed by atoms with Gasteiger partial charge >= 0.3 is 5.69 Å². The second-order valence-corrected chi connectivity index (χ2v) is 5.24. The lowest BCUT2D eigenvalue weighted by molar-refractivity contribution is 0.642. The number of amidine groups is 1. The number of hydrogen-bond acceptors (Lipinski definition) is 5. The van der Waals surface area contributed by atoms with Gasteiger partial charge in [-0.25, -0.2) is 14.9 Å². The summed E-state index contributed by atoms with van der Waals surface area (Å²) in [6, 6.07) is 3.68. The maximum Gasteiger partial charge on any atom is 0.344 e. The Hall–Kier alpha value is -2.09.